The van der Waals surface area contributed by atoms with Gasteiger partial charge in [0.05, 0.1) is 17.8 Å². The van der Waals surface area contributed by atoms with Crippen LogP contribution in [0.1, 0.15) is 41.7 Å². The van der Waals surface area contributed by atoms with Gasteiger partial charge in [0, 0.05) is 42.1 Å². The first kappa shape index (κ1) is 22.7. The van der Waals surface area contributed by atoms with Gasteiger partial charge in [0.2, 0.25) is 5.91 Å². The molecule has 3 aromatic heterocycles. The van der Waals surface area contributed by atoms with Gasteiger partial charge in [-0.3, -0.25) is 9.78 Å². The third-order valence-corrected chi connectivity index (χ3v) is 6.55. The Morgan fingerprint density at radius 3 is 2.34 bits per heavy atom. The van der Waals surface area contributed by atoms with Crippen LogP contribution in [0.25, 0.3) is 5.82 Å². The summed E-state index contributed by atoms with van der Waals surface area (Å²) in [5.41, 5.74) is 5.92. The molecule has 7 nitrogen and oxygen atoms in total. The Labute approximate surface area is 209 Å². The zero-order valence-corrected chi connectivity index (χ0v) is 20.6. The number of carbonyl (C=O) groups excluding carboxylic acids is 1. The number of benzene rings is 1. The third-order valence-electron chi connectivity index (χ3n) is 6.23. The molecule has 1 aliphatic heterocycles. The SMILES string of the molecule is CC(=O)Nc1ccc(N2C(=S)N[C@@H](c3ccccn3)[C@H]2c2cc(C)n(-c3ccccn3)c2C)cc1. The number of nitrogens with zero attached hydrogens (tertiary/aromatic N) is 4. The number of aryl methyl sites for hydroxylation is 1. The molecule has 1 saturated heterocycles. The van der Waals surface area contributed by atoms with E-state index < -0.39 is 0 Å². The molecular formula is C27H26N6OS. The topological polar surface area (TPSA) is 75.1 Å². The molecule has 0 saturated carbocycles. The second kappa shape index (κ2) is 9.31. The van der Waals surface area contributed by atoms with E-state index in [0.717, 1.165) is 39.8 Å². The van der Waals surface area contributed by atoms with Crippen molar-refractivity contribution in [2.75, 3.05) is 10.2 Å². The van der Waals surface area contributed by atoms with Crippen LogP contribution >= 0.6 is 12.2 Å². The van der Waals surface area contributed by atoms with E-state index >= 15 is 0 Å². The van der Waals surface area contributed by atoms with Crippen LogP contribution in [0.5, 0.6) is 0 Å². The van der Waals surface area contributed by atoms with Crippen molar-refractivity contribution in [3.63, 3.8) is 0 Å². The maximum Gasteiger partial charge on any atom is 0.221 e. The van der Waals surface area contributed by atoms with Gasteiger partial charge in [-0.1, -0.05) is 12.1 Å². The summed E-state index contributed by atoms with van der Waals surface area (Å²) >= 11 is 5.85. The second-order valence-corrected chi connectivity index (χ2v) is 8.96. The Hall–Kier alpha value is -4.04. The predicted octanol–water partition coefficient (Wildman–Crippen LogP) is 5.02. The van der Waals surface area contributed by atoms with E-state index in [4.69, 9.17) is 12.2 Å². The second-order valence-electron chi connectivity index (χ2n) is 8.57. The highest BCUT2D eigenvalue weighted by atomic mass is 32.1. The number of nitrogens with one attached hydrogen (secondary N) is 2. The van der Waals surface area contributed by atoms with Gasteiger partial charge in [0.1, 0.15) is 5.82 Å². The van der Waals surface area contributed by atoms with Gasteiger partial charge < -0.3 is 20.1 Å². The molecule has 5 rings (SSSR count). The normalized spacial score (nSPS) is 17.3. The summed E-state index contributed by atoms with van der Waals surface area (Å²) in [7, 11) is 0. The molecule has 0 radical (unpaired) electrons. The first-order valence-electron chi connectivity index (χ1n) is 11.4. The van der Waals surface area contributed by atoms with E-state index in [2.05, 4.69) is 50.0 Å². The Balaban J connectivity index is 1.63. The number of pyridine rings is 2. The van der Waals surface area contributed by atoms with Gasteiger partial charge in [0.25, 0.3) is 0 Å². The van der Waals surface area contributed by atoms with Crippen molar-refractivity contribution >= 4 is 34.6 Å². The summed E-state index contributed by atoms with van der Waals surface area (Å²) in [6.07, 6.45) is 3.61. The van der Waals surface area contributed by atoms with Gasteiger partial charge in [0.15, 0.2) is 5.11 Å². The molecule has 1 fully saturated rings. The van der Waals surface area contributed by atoms with E-state index in [-0.39, 0.29) is 18.0 Å². The lowest BCUT2D eigenvalue weighted by Gasteiger charge is -2.28. The summed E-state index contributed by atoms with van der Waals surface area (Å²) < 4.78 is 2.17. The molecule has 8 heteroatoms. The first-order chi connectivity index (χ1) is 16.9. The summed E-state index contributed by atoms with van der Waals surface area (Å²) in [6, 6.07) is 21.5. The largest absolute Gasteiger partial charge is 0.351 e. The highest BCUT2D eigenvalue weighted by Crippen LogP contribution is 2.43. The molecule has 0 aliphatic carbocycles. The van der Waals surface area contributed by atoms with Crippen molar-refractivity contribution in [3.8, 4) is 5.82 Å². The summed E-state index contributed by atoms with van der Waals surface area (Å²) in [5.74, 6) is 0.772. The van der Waals surface area contributed by atoms with E-state index in [1.807, 2.05) is 60.7 Å². The fourth-order valence-electron chi connectivity index (χ4n) is 4.78. The molecule has 0 bridgehead atoms. The minimum absolute atomic E-state index is 0.105. The van der Waals surface area contributed by atoms with Gasteiger partial charge in [-0.05, 0) is 86.2 Å². The number of hydrogen-bond acceptors (Lipinski definition) is 4. The van der Waals surface area contributed by atoms with Gasteiger partial charge in [-0.2, -0.15) is 0 Å². The number of aromatic nitrogens is 3. The van der Waals surface area contributed by atoms with Crippen molar-refractivity contribution in [1.29, 1.82) is 0 Å². The fraction of sp³-hybridized carbons (Fsp3) is 0.185. The van der Waals surface area contributed by atoms with E-state index in [9.17, 15) is 4.79 Å². The Kier molecular flexibility index (Phi) is 6.05. The number of hydrogen-bond donors (Lipinski definition) is 2. The molecule has 1 amide bonds. The zero-order chi connectivity index (χ0) is 24.5. The van der Waals surface area contributed by atoms with Crippen LogP contribution in [0.3, 0.4) is 0 Å². The van der Waals surface area contributed by atoms with Crippen LogP contribution in [-0.2, 0) is 4.79 Å². The van der Waals surface area contributed by atoms with E-state index in [1.165, 1.54) is 6.92 Å². The quantitative estimate of drug-likeness (QED) is 0.389. The van der Waals surface area contributed by atoms with Crippen LogP contribution in [0, 0.1) is 13.8 Å². The van der Waals surface area contributed by atoms with E-state index in [1.54, 1.807) is 12.4 Å². The van der Waals surface area contributed by atoms with Crippen molar-refractivity contribution in [3.05, 3.63) is 102 Å². The Bertz CT molecular complexity index is 1370. The number of anilines is 2. The third kappa shape index (κ3) is 4.28. The van der Waals surface area contributed by atoms with Crippen molar-refractivity contribution < 1.29 is 4.79 Å². The number of rotatable bonds is 5. The van der Waals surface area contributed by atoms with Gasteiger partial charge in [-0.15, -0.1) is 0 Å². The average molecular weight is 483 g/mol. The lowest BCUT2D eigenvalue weighted by atomic mass is 9.96. The monoisotopic (exact) mass is 482 g/mol. The Morgan fingerprint density at radius 2 is 1.71 bits per heavy atom. The number of thiocarbonyl (C=S) groups is 1. The smallest absolute Gasteiger partial charge is 0.221 e. The van der Waals surface area contributed by atoms with Gasteiger partial charge in [-0.25, -0.2) is 4.98 Å². The van der Waals surface area contributed by atoms with E-state index in [0.29, 0.717) is 5.11 Å². The van der Waals surface area contributed by atoms with Crippen LogP contribution in [0.2, 0.25) is 0 Å². The zero-order valence-electron chi connectivity index (χ0n) is 19.8. The average Bonchev–Trinajstić information content (AvgIpc) is 3.35. The predicted molar refractivity (Wildman–Crippen MR) is 142 cm³/mol. The molecule has 2 atom stereocenters. The highest BCUT2D eigenvalue weighted by Gasteiger charge is 2.42. The van der Waals surface area contributed by atoms with Crippen molar-refractivity contribution in [2.24, 2.45) is 0 Å². The maximum atomic E-state index is 11.5. The van der Waals surface area contributed by atoms with Crippen LogP contribution in [0.15, 0.2) is 79.1 Å². The maximum absolute atomic E-state index is 11.5. The van der Waals surface area contributed by atoms with Crippen molar-refractivity contribution in [1.82, 2.24) is 19.9 Å². The number of amides is 1. The van der Waals surface area contributed by atoms with Crippen molar-refractivity contribution in [2.45, 2.75) is 32.9 Å². The molecular weight excluding hydrogens is 456 g/mol. The molecule has 176 valence electrons. The minimum atomic E-state index is -0.142. The van der Waals surface area contributed by atoms with Gasteiger partial charge >= 0.3 is 0 Å². The molecule has 1 aromatic carbocycles. The number of carbonyl (C=O) groups is 1. The molecule has 4 heterocycles. The van der Waals surface area contributed by atoms with Crippen LogP contribution in [0.4, 0.5) is 11.4 Å². The summed E-state index contributed by atoms with van der Waals surface area (Å²) in [6.45, 7) is 5.71. The molecule has 1 aliphatic rings. The standard InChI is InChI=1S/C27H26N6OS/c1-17-16-22(18(2)32(17)24-9-5-7-15-29-24)26-25(23-8-4-6-14-28-23)31-27(35)33(26)21-12-10-20(11-13-21)30-19(3)34/h4-16,25-26H,1-3H3,(H,30,34)(H,31,35)/t25-,26+/m0/s1. The fourth-order valence-corrected chi connectivity index (χ4v) is 5.13. The summed E-state index contributed by atoms with van der Waals surface area (Å²) in [4.78, 5) is 22.8. The molecule has 2 N–H and O–H groups in total. The lowest BCUT2D eigenvalue weighted by molar-refractivity contribution is -0.114. The minimum Gasteiger partial charge on any atom is -0.351 e. The lowest BCUT2D eigenvalue weighted by Crippen LogP contribution is -2.29. The molecule has 0 unspecified atom stereocenters. The molecule has 4 aromatic rings. The summed E-state index contributed by atoms with van der Waals surface area (Å²) in [5, 5.41) is 6.96. The van der Waals surface area contributed by atoms with Crippen LogP contribution in [-0.4, -0.2) is 25.6 Å². The molecule has 35 heavy (non-hydrogen) atoms. The Morgan fingerprint density at radius 1 is 1.00 bits per heavy atom. The highest BCUT2D eigenvalue weighted by molar-refractivity contribution is 7.80. The van der Waals surface area contributed by atoms with Crippen LogP contribution < -0.4 is 15.5 Å². The first-order valence-corrected chi connectivity index (χ1v) is 11.8. The molecule has 0 spiro atoms.